The Hall–Kier alpha value is -0.120. The van der Waals surface area contributed by atoms with Gasteiger partial charge in [-0.1, -0.05) is 20.8 Å². The van der Waals surface area contributed by atoms with Crippen LogP contribution in [0.2, 0.25) is 0 Å². The molecule has 0 saturated heterocycles. The van der Waals surface area contributed by atoms with Crippen molar-refractivity contribution in [1.29, 1.82) is 0 Å². The fourth-order valence-corrected chi connectivity index (χ4v) is 2.01. The average molecular weight is 216 g/mol. The van der Waals surface area contributed by atoms with E-state index < -0.39 is 0 Å². The van der Waals surface area contributed by atoms with E-state index in [1.165, 1.54) is 0 Å². The second-order valence-electron chi connectivity index (χ2n) is 4.58. The molecule has 0 bridgehead atoms. The predicted octanol–water partition coefficient (Wildman–Crippen LogP) is 1.98. The fraction of sp³-hybridized carbons (Fsp3) is 1.00. The highest BCUT2D eigenvalue weighted by Gasteiger charge is 2.50. The van der Waals surface area contributed by atoms with Crippen LogP contribution >= 0.6 is 0 Å². The number of ether oxygens (including phenoxy) is 2. The standard InChI is InChI=1S/C12H24O3/c1-4-6-14-7-8-15-11-9-10(13)12(11,3)5-2/h10-11,13H,4-9H2,1-3H3. The lowest BCUT2D eigenvalue weighted by molar-refractivity contribution is -0.189. The maximum atomic E-state index is 9.67. The van der Waals surface area contributed by atoms with Crippen molar-refractivity contribution in [2.75, 3.05) is 19.8 Å². The van der Waals surface area contributed by atoms with E-state index in [0.29, 0.717) is 13.2 Å². The molecule has 3 unspecified atom stereocenters. The number of aliphatic hydroxyl groups is 1. The Bertz CT molecular complexity index is 184. The van der Waals surface area contributed by atoms with Crippen molar-refractivity contribution in [1.82, 2.24) is 0 Å². The number of hydrogen-bond donors (Lipinski definition) is 1. The minimum atomic E-state index is -0.191. The van der Waals surface area contributed by atoms with Crippen LogP contribution in [0.3, 0.4) is 0 Å². The van der Waals surface area contributed by atoms with Crippen LogP contribution in [-0.2, 0) is 9.47 Å². The van der Waals surface area contributed by atoms with E-state index in [4.69, 9.17) is 9.47 Å². The van der Waals surface area contributed by atoms with Gasteiger partial charge in [-0.05, 0) is 12.8 Å². The van der Waals surface area contributed by atoms with Crippen molar-refractivity contribution < 1.29 is 14.6 Å². The molecule has 90 valence electrons. The van der Waals surface area contributed by atoms with Gasteiger partial charge < -0.3 is 14.6 Å². The summed E-state index contributed by atoms with van der Waals surface area (Å²) in [5.74, 6) is 0. The molecule has 3 nitrogen and oxygen atoms in total. The van der Waals surface area contributed by atoms with E-state index in [9.17, 15) is 5.11 Å². The third kappa shape index (κ3) is 2.92. The Balaban J connectivity index is 2.12. The lowest BCUT2D eigenvalue weighted by atomic mass is 9.63. The van der Waals surface area contributed by atoms with Crippen LogP contribution in [0, 0.1) is 5.41 Å². The molecule has 0 heterocycles. The van der Waals surface area contributed by atoms with Crippen molar-refractivity contribution in [3.05, 3.63) is 0 Å². The van der Waals surface area contributed by atoms with Crippen molar-refractivity contribution >= 4 is 0 Å². The van der Waals surface area contributed by atoms with E-state index in [2.05, 4.69) is 20.8 Å². The summed E-state index contributed by atoms with van der Waals surface area (Å²) < 4.78 is 11.1. The van der Waals surface area contributed by atoms with Crippen molar-refractivity contribution in [2.24, 2.45) is 5.41 Å². The number of aliphatic hydroxyl groups excluding tert-OH is 1. The van der Waals surface area contributed by atoms with E-state index in [1.807, 2.05) is 0 Å². The summed E-state index contributed by atoms with van der Waals surface area (Å²) in [7, 11) is 0. The lowest BCUT2D eigenvalue weighted by Gasteiger charge is -2.50. The smallest absolute Gasteiger partial charge is 0.0704 e. The van der Waals surface area contributed by atoms with Gasteiger partial charge in [0.1, 0.15) is 0 Å². The van der Waals surface area contributed by atoms with Gasteiger partial charge in [-0.3, -0.25) is 0 Å². The summed E-state index contributed by atoms with van der Waals surface area (Å²) in [6.07, 6.45) is 2.81. The second kappa shape index (κ2) is 5.83. The van der Waals surface area contributed by atoms with Gasteiger partial charge in [-0.15, -0.1) is 0 Å². The topological polar surface area (TPSA) is 38.7 Å². The van der Waals surface area contributed by atoms with Crippen LogP contribution in [0.25, 0.3) is 0 Å². The number of hydrogen-bond acceptors (Lipinski definition) is 3. The molecule has 0 aromatic rings. The van der Waals surface area contributed by atoms with E-state index in [-0.39, 0.29) is 17.6 Å². The molecule has 0 aromatic heterocycles. The Morgan fingerprint density at radius 3 is 2.53 bits per heavy atom. The fourth-order valence-electron chi connectivity index (χ4n) is 2.01. The van der Waals surface area contributed by atoms with Gasteiger partial charge in [0.2, 0.25) is 0 Å². The molecule has 0 spiro atoms. The zero-order valence-corrected chi connectivity index (χ0v) is 10.2. The molecule has 3 atom stereocenters. The van der Waals surface area contributed by atoms with Crippen LogP contribution in [-0.4, -0.2) is 37.1 Å². The maximum Gasteiger partial charge on any atom is 0.0704 e. The van der Waals surface area contributed by atoms with E-state index >= 15 is 0 Å². The third-order valence-corrected chi connectivity index (χ3v) is 3.59. The maximum absolute atomic E-state index is 9.67. The molecule has 0 aromatic carbocycles. The molecule has 0 radical (unpaired) electrons. The van der Waals surface area contributed by atoms with Crippen LogP contribution in [0.5, 0.6) is 0 Å². The van der Waals surface area contributed by atoms with Gasteiger partial charge in [0.05, 0.1) is 25.4 Å². The molecule has 1 aliphatic rings. The highest BCUT2D eigenvalue weighted by molar-refractivity contribution is 5.00. The molecule has 3 heteroatoms. The van der Waals surface area contributed by atoms with Crippen molar-refractivity contribution in [3.8, 4) is 0 Å². The molecular weight excluding hydrogens is 192 g/mol. The largest absolute Gasteiger partial charge is 0.392 e. The van der Waals surface area contributed by atoms with Gasteiger partial charge in [0.25, 0.3) is 0 Å². The molecular formula is C12H24O3. The third-order valence-electron chi connectivity index (χ3n) is 3.59. The monoisotopic (exact) mass is 216 g/mol. The first-order valence-corrected chi connectivity index (χ1v) is 6.02. The Labute approximate surface area is 92.8 Å². The molecule has 1 aliphatic carbocycles. The summed E-state index contributed by atoms with van der Waals surface area (Å²) in [5, 5.41) is 9.67. The average Bonchev–Trinajstić information content (AvgIpc) is 2.26. The molecule has 0 aliphatic heterocycles. The van der Waals surface area contributed by atoms with Gasteiger partial charge in [-0.2, -0.15) is 0 Å². The summed E-state index contributed by atoms with van der Waals surface area (Å²) in [5.41, 5.74) is -0.0369. The van der Waals surface area contributed by atoms with Crippen molar-refractivity contribution in [3.63, 3.8) is 0 Å². The van der Waals surface area contributed by atoms with E-state index in [1.54, 1.807) is 0 Å². The van der Waals surface area contributed by atoms with Gasteiger partial charge in [0.15, 0.2) is 0 Å². The minimum Gasteiger partial charge on any atom is -0.392 e. The molecule has 1 N–H and O–H groups in total. The number of rotatable bonds is 7. The first-order valence-electron chi connectivity index (χ1n) is 6.02. The van der Waals surface area contributed by atoms with Gasteiger partial charge in [0, 0.05) is 18.4 Å². The summed E-state index contributed by atoms with van der Waals surface area (Å²) in [4.78, 5) is 0. The van der Waals surface area contributed by atoms with Gasteiger partial charge >= 0.3 is 0 Å². The molecule has 15 heavy (non-hydrogen) atoms. The highest BCUT2D eigenvalue weighted by atomic mass is 16.5. The predicted molar refractivity (Wildman–Crippen MR) is 59.9 cm³/mol. The van der Waals surface area contributed by atoms with Crippen molar-refractivity contribution in [2.45, 2.75) is 52.2 Å². The van der Waals surface area contributed by atoms with Crippen LogP contribution in [0.4, 0.5) is 0 Å². The van der Waals surface area contributed by atoms with Gasteiger partial charge in [-0.25, -0.2) is 0 Å². The highest BCUT2D eigenvalue weighted by Crippen LogP contribution is 2.45. The quantitative estimate of drug-likeness (QED) is 0.661. The molecule has 1 fully saturated rings. The van der Waals surface area contributed by atoms with Crippen LogP contribution < -0.4 is 0 Å². The second-order valence-corrected chi connectivity index (χ2v) is 4.58. The van der Waals surface area contributed by atoms with E-state index in [0.717, 1.165) is 25.9 Å². The van der Waals surface area contributed by atoms with Crippen LogP contribution in [0.1, 0.15) is 40.0 Å². The zero-order valence-electron chi connectivity index (χ0n) is 10.2. The van der Waals surface area contributed by atoms with Crippen LogP contribution in [0.15, 0.2) is 0 Å². The minimum absolute atomic E-state index is 0.0369. The Morgan fingerprint density at radius 2 is 2.00 bits per heavy atom. The normalized spacial score (nSPS) is 35.2. The Kier molecular flexibility index (Phi) is 5.03. The first-order chi connectivity index (χ1) is 7.15. The lowest BCUT2D eigenvalue weighted by Crippen LogP contribution is -2.56. The summed E-state index contributed by atoms with van der Waals surface area (Å²) in [6.45, 7) is 8.41. The SMILES string of the molecule is CCCOCCOC1CC(O)C1(C)CC. The molecule has 1 rings (SSSR count). The zero-order chi connectivity index (χ0) is 11.3. The first kappa shape index (κ1) is 12.9. The summed E-state index contributed by atoms with van der Waals surface area (Å²) >= 11 is 0. The Morgan fingerprint density at radius 1 is 1.27 bits per heavy atom. The summed E-state index contributed by atoms with van der Waals surface area (Å²) in [6, 6.07) is 0. The molecule has 1 saturated carbocycles. The molecule has 0 amide bonds.